The molecule has 2 rings (SSSR count). The quantitative estimate of drug-likeness (QED) is 0.811. The SMILES string of the molecule is Cc1cc(OCC(C)CCBr)c2ccccc2c1O. The molecule has 0 aliphatic heterocycles. The van der Waals surface area contributed by atoms with Gasteiger partial charge >= 0.3 is 0 Å². The molecule has 0 amide bonds. The summed E-state index contributed by atoms with van der Waals surface area (Å²) in [6, 6.07) is 9.72. The Bertz CT molecular complexity index is 566. The van der Waals surface area contributed by atoms with Gasteiger partial charge in [-0.15, -0.1) is 0 Å². The predicted molar refractivity (Wildman–Crippen MR) is 83.4 cm³/mol. The molecule has 0 saturated carbocycles. The minimum atomic E-state index is 0.344. The number of fused-ring (bicyclic) bond motifs is 1. The monoisotopic (exact) mass is 322 g/mol. The molecule has 1 N–H and O–H groups in total. The van der Waals surface area contributed by atoms with Crippen LogP contribution >= 0.6 is 15.9 Å². The normalized spacial score (nSPS) is 12.6. The summed E-state index contributed by atoms with van der Waals surface area (Å²) in [5.74, 6) is 1.70. The molecule has 19 heavy (non-hydrogen) atoms. The Kier molecular flexibility index (Phi) is 4.70. The minimum absolute atomic E-state index is 0.344. The Hall–Kier alpha value is -1.22. The summed E-state index contributed by atoms with van der Waals surface area (Å²) < 4.78 is 5.94. The number of hydrogen-bond acceptors (Lipinski definition) is 2. The van der Waals surface area contributed by atoms with Crippen LogP contribution in [-0.2, 0) is 0 Å². The Balaban J connectivity index is 2.30. The largest absolute Gasteiger partial charge is 0.507 e. The van der Waals surface area contributed by atoms with Crippen LogP contribution in [0.4, 0.5) is 0 Å². The van der Waals surface area contributed by atoms with Gasteiger partial charge in [0.25, 0.3) is 0 Å². The molecule has 2 nitrogen and oxygen atoms in total. The molecule has 3 heteroatoms. The van der Waals surface area contributed by atoms with Gasteiger partial charge in [-0.1, -0.05) is 47.1 Å². The Morgan fingerprint density at radius 1 is 1.26 bits per heavy atom. The molecular formula is C16H19BrO2. The Morgan fingerprint density at radius 3 is 2.63 bits per heavy atom. The van der Waals surface area contributed by atoms with Gasteiger partial charge in [0.05, 0.1) is 6.61 Å². The first kappa shape index (κ1) is 14.2. The highest BCUT2D eigenvalue weighted by molar-refractivity contribution is 9.09. The van der Waals surface area contributed by atoms with Crippen LogP contribution in [0.15, 0.2) is 30.3 Å². The first-order valence-electron chi connectivity index (χ1n) is 6.53. The van der Waals surface area contributed by atoms with Crippen molar-refractivity contribution in [2.75, 3.05) is 11.9 Å². The molecule has 0 aromatic heterocycles. The van der Waals surface area contributed by atoms with Gasteiger partial charge in [-0.25, -0.2) is 0 Å². The molecule has 0 saturated heterocycles. The highest BCUT2D eigenvalue weighted by Crippen LogP contribution is 2.35. The van der Waals surface area contributed by atoms with Crippen LogP contribution < -0.4 is 4.74 Å². The van der Waals surface area contributed by atoms with E-state index in [4.69, 9.17) is 4.74 Å². The second-order valence-electron chi connectivity index (χ2n) is 4.98. The summed E-state index contributed by atoms with van der Waals surface area (Å²) in [4.78, 5) is 0. The zero-order chi connectivity index (χ0) is 13.8. The average molecular weight is 323 g/mol. The van der Waals surface area contributed by atoms with Gasteiger partial charge in [-0.3, -0.25) is 0 Å². The molecule has 0 heterocycles. The van der Waals surface area contributed by atoms with Gasteiger partial charge in [-0.05, 0) is 30.9 Å². The number of halogens is 1. The lowest BCUT2D eigenvalue weighted by atomic mass is 10.0. The van der Waals surface area contributed by atoms with Crippen molar-refractivity contribution in [3.8, 4) is 11.5 Å². The molecule has 1 unspecified atom stereocenters. The number of phenols is 1. The van der Waals surface area contributed by atoms with E-state index in [0.717, 1.165) is 33.8 Å². The summed E-state index contributed by atoms with van der Waals surface area (Å²) >= 11 is 3.45. The maximum absolute atomic E-state index is 10.1. The van der Waals surface area contributed by atoms with Crippen molar-refractivity contribution < 1.29 is 9.84 Å². The lowest BCUT2D eigenvalue weighted by molar-refractivity contribution is 0.260. The maximum atomic E-state index is 10.1. The van der Waals surface area contributed by atoms with E-state index in [1.165, 1.54) is 0 Å². The molecule has 102 valence electrons. The van der Waals surface area contributed by atoms with Crippen LogP contribution in [0.3, 0.4) is 0 Å². The second-order valence-corrected chi connectivity index (χ2v) is 5.77. The van der Waals surface area contributed by atoms with E-state index >= 15 is 0 Å². The smallest absolute Gasteiger partial charge is 0.127 e. The second kappa shape index (κ2) is 6.29. The number of ether oxygens (including phenoxy) is 1. The molecule has 0 aliphatic carbocycles. The van der Waals surface area contributed by atoms with Crippen molar-refractivity contribution in [2.24, 2.45) is 5.92 Å². The summed E-state index contributed by atoms with van der Waals surface area (Å²) in [6.07, 6.45) is 1.09. The Morgan fingerprint density at radius 2 is 1.95 bits per heavy atom. The molecule has 0 spiro atoms. The van der Waals surface area contributed by atoms with Gasteiger partial charge < -0.3 is 9.84 Å². The van der Waals surface area contributed by atoms with Crippen LogP contribution in [0.25, 0.3) is 10.8 Å². The van der Waals surface area contributed by atoms with Crippen molar-refractivity contribution in [1.29, 1.82) is 0 Å². The van der Waals surface area contributed by atoms with Crippen molar-refractivity contribution in [1.82, 2.24) is 0 Å². The minimum Gasteiger partial charge on any atom is -0.507 e. The number of phenolic OH excluding ortho intramolecular Hbond substituents is 1. The van der Waals surface area contributed by atoms with Crippen LogP contribution in [0.1, 0.15) is 18.9 Å². The summed E-state index contributed by atoms with van der Waals surface area (Å²) in [7, 11) is 0. The lowest BCUT2D eigenvalue weighted by Crippen LogP contribution is -2.09. The highest BCUT2D eigenvalue weighted by atomic mass is 79.9. The van der Waals surface area contributed by atoms with E-state index in [9.17, 15) is 5.11 Å². The first-order valence-corrected chi connectivity index (χ1v) is 7.65. The summed E-state index contributed by atoms with van der Waals surface area (Å²) in [5.41, 5.74) is 0.849. The number of aromatic hydroxyl groups is 1. The molecule has 1 atom stereocenters. The van der Waals surface area contributed by atoms with Crippen molar-refractivity contribution >= 4 is 26.7 Å². The van der Waals surface area contributed by atoms with Crippen LogP contribution in [0.2, 0.25) is 0 Å². The molecule has 0 radical (unpaired) electrons. The van der Waals surface area contributed by atoms with E-state index in [-0.39, 0.29) is 0 Å². The van der Waals surface area contributed by atoms with Crippen LogP contribution in [0.5, 0.6) is 11.5 Å². The van der Waals surface area contributed by atoms with Crippen molar-refractivity contribution in [2.45, 2.75) is 20.3 Å². The van der Waals surface area contributed by atoms with Gasteiger partial charge in [0.2, 0.25) is 0 Å². The predicted octanol–water partition coefficient (Wildman–Crippen LogP) is 4.65. The summed E-state index contributed by atoms with van der Waals surface area (Å²) in [5, 5.41) is 12.9. The maximum Gasteiger partial charge on any atom is 0.127 e. The molecule has 2 aromatic rings. The Labute approximate surface area is 122 Å². The van der Waals surface area contributed by atoms with Crippen LogP contribution in [-0.4, -0.2) is 17.0 Å². The molecule has 2 aromatic carbocycles. The fourth-order valence-electron chi connectivity index (χ4n) is 2.08. The third kappa shape index (κ3) is 3.21. The van der Waals surface area contributed by atoms with Gasteiger partial charge in [0.15, 0.2) is 0 Å². The van der Waals surface area contributed by atoms with Gasteiger partial charge in [-0.2, -0.15) is 0 Å². The molecule has 0 fully saturated rings. The molecular weight excluding hydrogens is 304 g/mol. The highest BCUT2D eigenvalue weighted by Gasteiger charge is 2.10. The number of aryl methyl sites for hydroxylation is 1. The first-order chi connectivity index (χ1) is 9.13. The lowest BCUT2D eigenvalue weighted by Gasteiger charge is -2.15. The molecule has 0 aliphatic rings. The average Bonchev–Trinajstić information content (AvgIpc) is 2.42. The van der Waals surface area contributed by atoms with E-state index in [1.807, 2.05) is 37.3 Å². The third-order valence-corrected chi connectivity index (χ3v) is 3.75. The number of benzene rings is 2. The number of rotatable bonds is 5. The molecule has 0 bridgehead atoms. The zero-order valence-electron chi connectivity index (χ0n) is 11.3. The van der Waals surface area contributed by atoms with E-state index in [2.05, 4.69) is 22.9 Å². The van der Waals surface area contributed by atoms with Crippen molar-refractivity contribution in [3.05, 3.63) is 35.9 Å². The van der Waals surface area contributed by atoms with Gasteiger partial charge in [0, 0.05) is 16.1 Å². The topological polar surface area (TPSA) is 29.5 Å². The standard InChI is InChI=1S/C16H19BrO2/c1-11(7-8-17)10-19-15-9-12(2)16(18)14-6-4-3-5-13(14)15/h3-6,9,11,18H,7-8,10H2,1-2H3. The number of alkyl halides is 1. The van der Waals surface area contributed by atoms with Gasteiger partial charge in [0.1, 0.15) is 11.5 Å². The van der Waals surface area contributed by atoms with E-state index < -0.39 is 0 Å². The van der Waals surface area contributed by atoms with E-state index in [1.54, 1.807) is 0 Å². The van der Waals surface area contributed by atoms with E-state index in [0.29, 0.717) is 18.3 Å². The summed E-state index contributed by atoms with van der Waals surface area (Å²) in [6.45, 7) is 4.77. The number of hydrogen-bond donors (Lipinski definition) is 1. The fraction of sp³-hybridized carbons (Fsp3) is 0.375. The third-order valence-electron chi connectivity index (χ3n) is 3.29. The van der Waals surface area contributed by atoms with Crippen molar-refractivity contribution in [3.63, 3.8) is 0 Å². The zero-order valence-corrected chi connectivity index (χ0v) is 12.9. The van der Waals surface area contributed by atoms with Crippen LogP contribution in [0, 0.1) is 12.8 Å². The fourth-order valence-corrected chi connectivity index (χ4v) is 2.86.